The lowest BCUT2D eigenvalue weighted by Gasteiger charge is -2.25. The van der Waals surface area contributed by atoms with Crippen LogP contribution in [0, 0.1) is 16.0 Å². The second-order valence-electron chi connectivity index (χ2n) is 13.3. The number of anilines is 1. The van der Waals surface area contributed by atoms with Crippen LogP contribution in [-0.4, -0.2) is 60.3 Å². The second-order valence-corrected chi connectivity index (χ2v) is 13.3. The van der Waals surface area contributed by atoms with Gasteiger partial charge in [-0.2, -0.15) is 0 Å². The molecule has 0 saturated heterocycles. The third-order valence-electron chi connectivity index (χ3n) is 8.99. The summed E-state index contributed by atoms with van der Waals surface area (Å²) in [4.78, 5) is 73.8. The summed E-state index contributed by atoms with van der Waals surface area (Å²) in [6.07, 6.45) is -1.39. The SMILES string of the molecule is CC(C)C(NC(=O)OCC1c2ccccc2-c2ccccc21)C(=O)NC(CCCNC(N)=O)C(=O)Nc1ccc(COC(=O)Oc2ccc([N+](=O)[O-])cc2)cc1. The van der Waals surface area contributed by atoms with Crippen LogP contribution in [0.1, 0.15) is 49.3 Å². The van der Waals surface area contributed by atoms with E-state index in [4.69, 9.17) is 19.9 Å². The molecule has 4 aromatic carbocycles. The van der Waals surface area contributed by atoms with Gasteiger partial charge in [0.05, 0.1) is 4.92 Å². The predicted molar refractivity (Wildman–Crippen MR) is 205 cm³/mol. The van der Waals surface area contributed by atoms with Crippen LogP contribution in [0.15, 0.2) is 97.1 Å². The van der Waals surface area contributed by atoms with Gasteiger partial charge in [0.2, 0.25) is 11.8 Å². The molecule has 0 spiro atoms. The molecule has 0 aromatic heterocycles. The van der Waals surface area contributed by atoms with Crippen LogP contribution in [0.5, 0.6) is 5.75 Å². The highest BCUT2D eigenvalue weighted by Gasteiger charge is 2.32. The molecule has 5 amide bonds. The number of primary amides is 1. The lowest BCUT2D eigenvalue weighted by atomic mass is 9.98. The molecule has 2 unspecified atom stereocenters. The number of nitro benzene ring substituents is 1. The fourth-order valence-corrected chi connectivity index (χ4v) is 6.17. The molecule has 4 aromatic rings. The standard InChI is InChI=1S/C40H42N6O10/c1-24(2)35(45-39(50)54-23-33-31-10-5-3-8-29(31)30-9-4-6-11-32(30)33)37(48)44-34(12-7-21-42-38(41)49)36(47)43-26-15-13-25(14-16-26)22-55-40(51)56-28-19-17-27(18-20-28)46(52)53/h3-6,8-11,13-20,24,33-35H,7,12,21-23H2,1-2H3,(H,43,47)(H,44,48)(H,45,50)(H3,41,42,49). The van der Waals surface area contributed by atoms with E-state index < -0.39 is 47.1 Å². The summed E-state index contributed by atoms with van der Waals surface area (Å²) < 4.78 is 15.8. The Bertz CT molecular complexity index is 2010. The lowest BCUT2D eigenvalue weighted by Crippen LogP contribution is -2.54. The number of carbonyl (C=O) groups is 5. The molecule has 2 atom stereocenters. The summed E-state index contributed by atoms with van der Waals surface area (Å²) in [7, 11) is 0. The molecule has 5 rings (SSSR count). The van der Waals surface area contributed by atoms with E-state index in [1.807, 2.05) is 48.5 Å². The van der Waals surface area contributed by atoms with Crippen molar-refractivity contribution in [3.8, 4) is 16.9 Å². The molecule has 56 heavy (non-hydrogen) atoms. The number of fused-ring (bicyclic) bond motifs is 3. The predicted octanol–water partition coefficient (Wildman–Crippen LogP) is 5.75. The first-order chi connectivity index (χ1) is 26.9. The maximum Gasteiger partial charge on any atom is 0.514 e. The number of nitrogens with one attached hydrogen (secondary N) is 4. The monoisotopic (exact) mass is 766 g/mol. The number of non-ortho nitro benzene ring substituents is 1. The van der Waals surface area contributed by atoms with Gasteiger partial charge >= 0.3 is 18.3 Å². The Balaban J connectivity index is 1.16. The molecule has 16 heteroatoms. The fourth-order valence-electron chi connectivity index (χ4n) is 6.17. The van der Waals surface area contributed by atoms with E-state index in [0.29, 0.717) is 17.7 Å². The summed E-state index contributed by atoms with van der Waals surface area (Å²) in [6, 6.07) is 24.3. The van der Waals surface area contributed by atoms with Gasteiger partial charge in [-0.1, -0.05) is 74.5 Å². The molecule has 0 aliphatic heterocycles. The van der Waals surface area contributed by atoms with Crippen LogP contribution in [0.2, 0.25) is 0 Å². The number of carbonyl (C=O) groups excluding carboxylic acids is 5. The van der Waals surface area contributed by atoms with Crippen molar-refractivity contribution in [1.82, 2.24) is 16.0 Å². The fraction of sp³-hybridized carbons (Fsp3) is 0.275. The largest absolute Gasteiger partial charge is 0.514 e. The summed E-state index contributed by atoms with van der Waals surface area (Å²) in [5.74, 6) is -1.65. The highest BCUT2D eigenvalue weighted by atomic mass is 16.7. The average molecular weight is 767 g/mol. The minimum absolute atomic E-state index is 0.0569. The van der Waals surface area contributed by atoms with Crippen LogP contribution in [0.4, 0.5) is 25.8 Å². The minimum atomic E-state index is -1.07. The zero-order chi connectivity index (χ0) is 40.2. The Morgan fingerprint density at radius 1 is 0.804 bits per heavy atom. The molecule has 6 N–H and O–H groups in total. The highest BCUT2D eigenvalue weighted by Crippen LogP contribution is 2.44. The number of hydrogen-bond acceptors (Lipinski definition) is 10. The van der Waals surface area contributed by atoms with Gasteiger partial charge in [0.25, 0.3) is 5.69 Å². The van der Waals surface area contributed by atoms with Crippen LogP contribution < -0.4 is 31.7 Å². The van der Waals surface area contributed by atoms with E-state index in [0.717, 1.165) is 22.3 Å². The smallest absolute Gasteiger partial charge is 0.449 e. The Labute approximate surface area is 322 Å². The molecule has 1 aliphatic rings. The van der Waals surface area contributed by atoms with Crippen LogP contribution >= 0.6 is 0 Å². The van der Waals surface area contributed by atoms with E-state index in [-0.39, 0.29) is 49.5 Å². The van der Waals surface area contributed by atoms with Gasteiger partial charge in [0.15, 0.2) is 0 Å². The normalized spacial score (nSPS) is 12.6. The summed E-state index contributed by atoms with van der Waals surface area (Å²) in [5, 5.41) is 21.4. The molecule has 0 heterocycles. The van der Waals surface area contributed by atoms with Crippen molar-refractivity contribution in [2.24, 2.45) is 11.7 Å². The van der Waals surface area contributed by atoms with Gasteiger partial charge in [0, 0.05) is 30.3 Å². The molecule has 0 fully saturated rings. The van der Waals surface area contributed by atoms with Crippen molar-refractivity contribution >= 4 is 41.5 Å². The Morgan fingerprint density at radius 2 is 1.43 bits per heavy atom. The molecular weight excluding hydrogens is 724 g/mol. The molecule has 0 bridgehead atoms. The maximum absolute atomic E-state index is 13.6. The quantitative estimate of drug-likeness (QED) is 0.0305. The lowest BCUT2D eigenvalue weighted by molar-refractivity contribution is -0.384. The maximum atomic E-state index is 13.6. The summed E-state index contributed by atoms with van der Waals surface area (Å²) >= 11 is 0. The van der Waals surface area contributed by atoms with Gasteiger partial charge in [-0.3, -0.25) is 19.7 Å². The van der Waals surface area contributed by atoms with Crippen molar-refractivity contribution in [3.63, 3.8) is 0 Å². The number of nitrogens with two attached hydrogens (primary N) is 1. The van der Waals surface area contributed by atoms with Crippen molar-refractivity contribution in [2.75, 3.05) is 18.5 Å². The number of rotatable bonds is 16. The van der Waals surface area contributed by atoms with Gasteiger partial charge in [-0.05, 0) is 70.8 Å². The number of alkyl carbamates (subject to hydrolysis) is 1. The van der Waals surface area contributed by atoms with Crippen molar-refractivity contribution < 1.29 is 43.1 Å². The number of nitrogens with zero attached hydrogens (tertiary/aromatic N) is 1. The van der Waals surface area contributed by atoms with Crippen LogP contribution in [0.25, 0.3) is 11.1 Å². The number of hydrogen-bond donors (Lipinski definition) is 5. The zero-order valence-corrected chi connectivity index (χ0v) is 30.7. The topological polar surface area (TPSA) is 230 Å². The van der Waals surface area contributed by atoms with Crippen molar-refractivity contribution in [1.29, 1.82) is 0 Å². The van der Waals surface area contributed by atoms with Gasteiger partial charge in [0.1, 0.15) is 31.0 Å². The van der Waals surface area contributed by atoms with E-state index >= 15 is 0 Å². The molecule has 0 radical (unpaired) electrons. The summed E-state index contributed by atoms with van der Waals surface area (Å²) in [5.41, 5.74) is 10.2. The number of urea groups is 1. The van der Waals surface area contributed by atoms with Gasteiger partial charge < -0.3 is 41.2 Å². The second kappa shape index (κ2) is 18.9. The summed E-state index contributed by atoms with van der Waals surface area (Å²) in [6.45, 7) is 3.54. The third kappa shape index (κ3) is 10.8. The van der Waals surface area contributed by atoms with Crippen molar-refractivity contribution in [3.05, 3.63) is 124 Å². The number of benzene rings is 4. The average Bonchev–Trinajstić information content (AvgIpc) is 3.50. The van der Waals surface area contributed by atoms with E-state index in [1.54, 1.807) is 38.1 Å². The number of amides is 5. The number of nitro groups is 1. The third-order valence-corrected chi connectivity index (χ3v) is 8.99. The van der Waals surface area contributed by atoms with Gasteiger partial charge in [-0.15, -0.1) is 0 Å². The molecule has 1 aliphatic carbocycles. The molecule has 292 valence electrons. The van der Waals surface area contributed by atoms with E-state index in [2.05, 4.69) is 21.3 Å². The van der Waals surface area contributed by atoms with E-state index in [1.165, 1.54) is 24.3 Å². The molecule has 0 saturated carbocycles. The minimum Gasteiger partial charge on any atom is -0.449 e. The first kappa shape index (κ1) is 40.2. The van der Waals surface area contributed by atoms with Crippen molar-refractivity contribution in [2.45, 2.75) is 51.3 Å². The van der Waals surface area contributed by atoms with E-state index in [9.17, 15) is 34.1 Å². The first-order valence-corrected chi connectivity index (χ1v) is 17.8. The Kier molecular flexibility index (Phi) is 13.6. The van der Waals surface area contributed by atoms with Gasteiger partial charge in [-0.25, -0.2) is 14.4 Å². The highest BCUT2D eigenvalue weighted by molar-refractivity contribution is 5.98. The Hall–Kier alpha value is -6.97. The number of ether oxygens (including phenoxy) is 3. The zero-order valence-electron chi connectivity index (χ0n) is 30.7. The molecular formula is C40H42N6O10. The van der Waals surface area contributed by atoms with Crippen LogP contribution in [0.3, 0.4) is 0 Å². The first-order valence-electron chi connectivity index (χ1n) is 17.8. The van der Waals surface area contributed by atoms with Crippen LogP contribution in [-0.2, 0) is 25.7 Å². The molecule has 16 nitrogen and oxygen atoms in total. The Morgan fingerprint density at radius 3 is 2.02 bits per heavy atom.